The van der Waals surface area contributed by atoms with E-state index in [9.17, 15) is 0 Å². The van der Waals surface area contributed by atoms with Crippen molar-refractivity contribution in [2.45, 2.75) is 12.7 Å². The van der Waals surface area contributed by atoms with Crippen molar-refractivity contribution in [3.8, 4) is 0 Å². The Kier molecular flexibility index (Phi) is 2.11. The zero-order valence-electron chi connectivity index (χ0n) is 7.21. The van der Waals surface area contributed by atoms with Crippen LogP contribution >= 0.6 is 0 Å². The maximum absolute atomic E-state index is 5.60. The molecule has 1 N–H and O–H groups in total. The first-order chi connectivity index (χ1) is 5.92. The van der Waals surface area contributed by atoms with Crippen LogP contribution in [0.3, 0.4) is 0 Å². The Balaban J connectivity index is 2.24. The minimum Gasteiger partial charge on any atom is -0.367 e. The summed E-state index contributed by atoms with van der Waals surface area (Å²) in [6.45, 7) is 1.67. The predicted molar refractivity (Wildman–Crippen MR) is 47.9 cm³/mol. The zero-order chi connectivity index (χ0) is 8.39. The van der Waals surface area contributed by atoms with E-state index in [4.69, 9.17) is 4.74 Å². The molecule has 1 unspecified atom stereocenters. The molecule has 12 heavy (non-hydrogen) atoms. The first-order valence-corrected chi connectivity index (χ1v) is 4.26. The first-order valence-electron chi connectivity index (χ1n) is 4.26. The van der Waals surface area contributed by atoms with Gasteiger partial charge in [0.15, 0.2) is 0 Å². The van der Waals surface area contributed by atoms with Gasteiger partial charge in [0.1, 0.15) is 0 Å². The van der Waals surface area contributed by atoms with E-state index in [-0.39, 0.29) is 6.10 Å². The van der Waals surface area contributed by atoms with Crippen molar-refractivity contribution in [1.29, 1.82) is 0 Å². The maximum Gasteiger partial charge on any atom is 0.0957 e. The largest absolute Gasteiger partial charge is 0.367 e. The molecular weight excluding hydrogens is 150 g/mol. The highest BCUT2D eigenvalue weighted by atomic mass is 16.5. The molecule has 2 nitrogen and oxygen atoms in total. The van der Waals surface area contributed by atoms with Crippen molar-refractivity contribution in [1.82, 2.24) is 5.32 Å². The molecule has 1 heterocycles. The fraction of sp³-hybridized carbons (Fsp3) is 0.400. The molecule has 1 aliphatic heterocycles. The summed E-state index contributed by atoms with van der Waals surface area (Å²) in [4.78, 5) is 0. The standard InChI is InChI=1S/C10H13NO/c1-11-6-10-9-5-3-2-4-8(9)7-12-10/h2-5,10-11H,6-7H2,1H3. The van der Waals surface area contributed by atoms with Crippen LogP contribution in [0.2, 0.25) is 0 Å². The summed E-state index contributed by atoms with van der Waals surface area (Å²) < 4.78 is 5.60. The van der Waals surface area contributed by atoms with Crippen molar-refractivity contribution in [2.24, 2.45) is 0 Å². The molecule has 2 heteroatoms. The lowest BCUT2D eigenvalue weighted by molar-refractivity contribution is 0.0674. The Labute approximate surface area is 72.5 Å². The molecule has 0 saturated heterocycles. The van der Waals surface area contributed by atoms with E-state index in [0.717, 1.165) is 13.2 Å². The zero-order valence-corrected chi connectivity index (χ0v) is 7.21. The van der Waals surface area contributed by atoms with Crippen LogP contribution in [0.1, 0.15) is 17.2 Å². The van der Waals surface area contributed by atoms with Crippen molar-refractivity contribution < 1.29 is 4.74 Å². The molecule has 1 aromatic carbocycles. The van der Waals surface area contributed by atoms with E-state index >= 15 is 0 Å². The highest BCUT2D eigenvalue weighted by molar-refractivity contribution is 5.31. The molecule has 0 radical (unpaired) electrons. The number of benzene rings is 1. The topological polar surface area (TPSA) is 21.3 Å². The van der Waals surface area contributed by atoms with Crippen LogP contribution in [-0.4, -0.2) is 13.6 Å². The molecule has 1 aromatic rings. The van der Waals surface area contributed by atoms with Gasteiger partial charge in [0.05, 0.1) is 12.7 Å². The van der Waals surface area contributed by atoms with Crippen molar-refractivity contribution in [3.05, 3.63) is 35.4 Å². The lowest BCUT2D eigenvalue weighted by Crippen LogP contribution is -2.16. The Morgan fingerprint density at radius 1 is 1.50 bits per heavy atom. The molecule has 0 saturated carbocycles. The van der Waals surface area contributed by atoms with Gasteiger partial charge in [-0.15, -0.1) is 0 Å². The quantitative estimate of drug-likeness (QED) is 0.713. The van der Waals surface area contributed by atoms with Crippen LogP contribution in [0.4, 0.5) is 0 Å². The predicted octanol–water partition coefficient (Wildman–Crippen LogP) is 1.48. The number of ether oxygens (including phenoxy) is 1. The second-order valence-electron chi connectivity index (χ2n) is 3.06. The number of likely N-dealkylation sites (N-methyl/N-ethyl adjacent to an activating group) is 1. The van der Waals surface area contributed by atoms with Crippen LogP contribution in [0.5, 0.6) is 0 Å². The van der Waals surface area contributed by atoms with E-state index in [1.54, 1.807) is 0 Å². The Bertz CT molecular complexity index is 270. The number of fused-ring (bicyclic) bond motifs is 1. The van der Waals surface area contributed by atoms with Gasteiger partial charge >= 0.3 is 0 Å². The minimum absolute atomic E-state index is 0.256. The SMILES string of the molecule is CNCC1OCc2ccccc21. The summed E-state index contributed by atoms with van der Waals surface area (Å²) in [7, 11) is 1.95. The van der Waals surface area contributed by atoms with E-state index in [0.29, 0.717) is 0 Å². The molecule has 64 valence electrons. The number of nitrogens with one attached hydrogen (secondary N) is 1. The van der Waals surface area contributed by atoms with Crippen molar-refractivity contribution >= 4 is 0 Å². The lowest BCUT2D eigenvalue weighted by atomic mass is 10.1. The Morgan fingerprint density at radius 2 is 2.33 bits per heavy atom. The fourth-order valence-corrected chi connectivity index (χ4v) is 1.61. The van der Waals surface area contributed by atoms with Gasteiger partial charge in [0.25, 0.3) is 0 Å². The molecule has 0 amide bonds. The van der Waals surface area contributed by atoms with Gasteiger partial charge < -0.3 is 10.1 Å². The maximum atomic E-state index is 5.60. The summed E-state index contributed by atoms with van der Waals surface area (Å²) in [6, 6.07) is 8.40. The Hall–Kier alpha value is -0.860. The van der Waals surface area contributed by atoms with Crippen LogP contribution in [0.15, 0.2) is 24.3 Å². The monoisotopic (exact) mass is 163 g/mol. The van der Waals surface area contributed by atoms with Gasteiger partial charge in [-0.3, -0.25) is 0 Å². The van der Waals surface area contributed by atoms with E-state index < -0.39 is 0 Å². The molecule has 0 aromatic heterocycles. The van der Waals surface area contributed by atoms with E-state index in [2.05, 4.69) is 29.6 Å². The third-order valence-corrected chi connectivity index (χ3v) is 2.23. The van der Waals surface area contributed by atoms with E-state index in [1.807, 2.05) is 7.05 Å². The molecule has 2 rings (SSSR count). The van der Waals surface area contributed by atoms with Gasteiger partial charge in [-0.05, 0) is 18.2 Å². The first kappa shape index (κ1) is 7.77. The summed E-state index contributed by atoms with van der Waals surface area (Å²) >= 11 is 0. The highest BCUT2D eigenvalue weighted by Gasteiger charge is 2.21. The van der Waals surface area contributed by atoms with E-state index in [1.165, 1.54) is 11.1 Å². The average molecular weight is 163 g/mol. The lowest BCUT2D eigenvalue weighted by Gasteiger charge is -2.09. The van der Waals surface area contributed by atoms with Crippen LogP contribution in [0, 0.1) is 0 Å². The second-order valence-corrected chi connectivity index (χ2v) is 3.06. The van der Waals surface area contributed by atoms with Gasteiger partial charge in [0.2, 0.25) is 0 Å². The van der Waals surface area contributed by atoms with Crippen LogP contribution in [-0.2, 0) is 11.3 Å². The third-order valence-electron chi connectivity index (χ3n) is 2.23. The summed E-state index contributed by atoms with van der Waals surface area (Å²) in [5.74, 6) is 0. The second kappa shape index (κ2) is 3.25. The number of hydrogen-bond donors (Lipinski definition) is 1. The summed E-state index contributed by atoms with van der Waals surface area (Å²) in [6.07, 6.45) is 0.256. The van der Waals surface area contributed by atoms with Gasteiger partial charge in [-0.2, -0.15) is 0 Å². The summed E-state index contributed by atoms with van der Waals surface area (Å²) in [5.41, 5.74) is 2.67. The minimum atomic E-state index is 0.256. The molecule has 0 bridgehead atoms. The normalized spacial score (nSPS) is 20.9. The number of rotatable bonds is 2. The molecule has 0 fully saturated rings. The fourth-order valence-electron chi connectivity index (χ4n) is 1.61. The summed E-state index contributed by atoms with van der Waals surface area (Å²) in [5, 5.41) is 3.13. The van der Waals surface area contributed by atoms with Gasteiger partial charge in [0, 0.05) is 6.54 Å². The number of hydrogen-bond acceptors (Lipinski definition) is 2. The highest BCUT2D eigenvalue weighted by Crippen LogP contribution is 2.29. The molecule has 1 atom stereocenters. The molecule has 1 aliphatic rings. The van der Waals surface area contributed by atoms with Crippen molar-refractivity contribution in [2.75, 3.05) is 13.6 Å². The van der Waals surface area contributed by atoms with Crippen LogP contribution < -0.4 is 5.32 Å². The average Bonchev–Trinajstić information content (AvgIpc) is 2.50. The molecule has 0 aliphatic carbocycles. The smallest absolute Gasteiger partial charge is 0.0957 e. The van der Waals surface area contributed by atoms with Crippen LogP contribution in [0.25, 0.3) is 0 Å². The van der Waals surface area contributed by atoms with Gasteiger partial charge in [-0.25, -0.2) is 0 Å². The molecular formula is C10H13NO. The third kappa shape index (κ3) is 1.24. The van der Waals surface area contributed by atoms with Gasteiger partial charge in [-0.1, -0.05) is 24.3 Å². The Morgan fingerprint density at radius 3 is 3.17 bits per heavy atom. The van der Waals surface area contributed by atoms with Crippen molar-refractivity contribution in [3.63, 3.8) is 0 Å². The molecule has 0 spiro atoms.